The molecule has 10 heavy (non-hydrogen) atoms. The van der Waals surface area contributed by atoms with Crippen molar-refractivity contribution in [2.45, 2.75) is 19.4 Å². The highest BCUT2D eigenvalue weighted by Crippen LogP contribution is 2.13. The number of Topliss-reactive ketones (excluding diaryl/α,β-unsaturated/α-hetero) is 1. The highest BCUT2D eigenvalue weighted by atomic mass is 16.3. The van der Waals surface area contributed by atoms with E-state index >= 15 is 0 Å². The Hall–Kier alpha value is -0.410. The molecule has 0 unspecified atom stereocenters. The van der Waals surface area contributed by atoms with Gasteiger partial charge in [-0.1, -0.05) is 0 Å². The third-order valence-electron chi connectivity index (χ3n) is 2.02. The van der Waals surface area contributed by atoms with Gasteiger partial charge in [-0.25, -0.2) is 0 Å². The molecule has 1 fully saturated rings. The number of carbonyl (C=O) groups is 1. The molecular formula is C7H13NO2. The van der Waals surface area contributed by atoms with Gasteiger partial charge in [-0.2, -0.15) is 0 Å². The molecule has 0 aliphatic carbocycles. The fourth-order valence-electron chi connectivity index (χ4n) is 1.27. The van der Waals surface area contributed by atoms with E-state index in [-0.39, 0.29) is 24.3 Å². The zero-order chi connectivity index (χ0) is 7.56. The second-order valence-electron chi connectivity index (χ2n) is 2.83. The van der Waals surface area contributed by atoms with Crippen molar-refractivity contribution in [2.75, 3.05) is 13.2 Å². The molecule has 0 spiro atoms. The Morgan fingerprint density at radius 2 is 2.50 bits per heavy atom. The molecule has 3 heteroatoms. The monoisotopic (exact) mass is 143 g/mol. The van der Waals surface area contributed by atoms with Crippen LogP contribution in [0.1, 0.15) is 13.3 Å². The van der Waals surface area contributed by atoms with E-state index in [4.69, 9.17) is 5.11 Å². The van der Waals surface area contributed by atoms with Crippen LogP contribution in [0.15, 0.2) is 0 Å². The molecule has 0 bridgehead atoms. The average molecular weight is 143 g/mol. The molecule has 0 amide bonds. The van der Waals surface area contributed by atoms with E-state index in [0.717, 1.165) is 13.0 Å². The van der Waals surface area contributed by atoms with E-state index in [2.05, 4.69) is 5.32 Å². The van der Waals surface area contributed by atoms with E-state index in [9.17, 15) is 4.79 Å². The summed E-state index contributed by atoms with van der Waals surface area (Å²) in [6, 6.07) is 0.147. The summed E-state index contributed by atoms with van der Waals surface area (Å²) < 4.78 is 0. The largest absolute Gasteiger partial charge is 0.395 e. The smallest absolute Gasteiger partial charge is 0.134 e. The lowest BCUT2D eigenvalue weighted by atomic mass is 10.0. The fraction of sp³-hybridized carbons (Fsp3) is 0.857. The van der Waals surface area contributed by atoms with E-state index < -0.39 is 0 Å². The van der Waals surface area contributed by atoms with Crippen LogP contribution in [0.2, 0.25) is 0 Å². The van der Waals surface area contributed by atoms with Crippen LogP contribution in [0.4, 0.5) is 0 Å². The molecule has 1 saturated heterocycles. The molecule has 2 N–H and O–H groups in total. The number of hydrogen-bond acceptors (Lipinski definition) is 3. The lowest BCUT2D eigenvalue weighted by Crippen LogP contribution is -2.24. The molecule has 1 rings (SSSR count). The van der Waals surface area contributed by atoms with Gasteiger partial charge in [-0.05, 0) is 13.3 Å². The predicted molar refractivity (Wildman–Crippen MR) is 37.7 cm³/mol. The topological polar surface area (TPSA) is 49.3 Å². The standard InChI is InChI=1S/C7H13NO2/c1-5(10)6-2-7(4-9)8-3-6/h6-9H,2-4H2,1H3/t6-,7-/m1/s1. The number of aliphatic hydroxyl groups excluding tert-OH is 1. The molecule has 2 atom stereocenters. The van der Waals surface area contributed by atoms with Crippen LogP contribution in [0, 0.1) is 5.92 Å². The zero-order valence-electron chi connectivity index (χ0n) is 6.13. The third-order valence-corrected chi connectivity index (χ3v) is 2.02. The number of nitrogens with one attached hydrogen (secondary N) is 1. The van der Waals surface area contributed by atoms with Gasteiger partial charge in [0.1, 0.15) is 5.78 Å². The number of hydrogen-bond donors (Lipinski definition) is 2. The maximum Gasteiger partial charge on any atom is 0.134 e. The van der Waals surface area contributed by atoms with Crippen LogP contribution in [0.3, 0.4) is 0 Å². The Balaban J connectivity index is 2.35. The summed E-state index contributed by atoms with van der Waals surface area (Å²) in [5.74, 6) is 0.362. The SMILES string of the molecule is CC(=O)[C@H]1CN[C@@H](CO)C1. The summed E-state index contributed by atoms with van der Waals surface area (Å²) in [5, 5.41) is 11.8. The van der Waals surface area contributed by atoms with E-state index in [1.54, 1.807) is 6.92 Å². The van der Waals surface area contributed by atoms with Gasteiger partial charge in [0.2, 0.25) is 0 Å². The van der Waals surface area contributed by atoms with Gasteiger partial charge in [-0.15, -0.1) is 0 Å². The summed E-state index contributed by atoms with van der Waals surface area (Å²) in [4.78, 5) is 10.8. The van der Waals surface area contributed by atoms with E-state index in [1.807, 2.05) is 0 Å². The van der Waals surface area contributed by atoms with Crippen molar-refractivity contribution < 1.29 is 9.90 Å². The minimum Gasteiger partial charge on any atom is -0.395 e. The Kier molecular flexibility index (Phi) is 2.40. The van der Waals surface area contributed by atoms with Crippen molar-refractivity contribution in [1.29, 1.82) is 0 Å². The van der Waals surface area contributed by atoms with Gasteiger partial charge in [0.05, 0.1) is 6.61 Å². The first-order chi connectivity index (χ1) is 4.74. The summed E-state index contributed by atoms with van der Waals surface area (Å²) in [7, 11) is 0. The zero-order valence-corrected chi connectivity index (χ0v) is 6.13. The van der Waals surface area contributed by atoms with Gasteiger partial charge in [0.25, 0.3) is 0 Å². The summed E-state index contributed by atoms with van der Waals surface area (Å²) in [6.07, 6.45) is 0.797. The van der Waals surface area contributed by atoms with Crippen LogP contribution >= 0.6 is 0 Å². The van der Waals surface area contributed by atoms with Crippen molar-refractivity contribution >= 4 is 5.78 Å². The first-order valence-electron chi connectivity index (χ1n) is 3.58. The molecular weight excluding hydrogens is 130 g/mol. The number of rotatable bonds is 2. The quantitative estimate of drug-likeness (QED) is 0.550. The summed E-state index contributed by atoms with van der Waals surface area (Å²) >= 11 is 0. The molecule has 3 nitrogen and oxygen atoms in total. The second kappa shape index (κ2) is 3.12. The molecule has 0 aromatic heterocycles. The summed E-state index contributed by atoms with van der Waals surface area (Å²) in [6.45, 7) is 2.48. The Morgan fingerprint density at radius 3 is 2.80 bits per heavy atom. The summed E-state index contributed by atoms with van der Waals surface area (Å²) in [5.41, 5.74) is 0. The second-order valence-corrected chi connectivity index (χ2v) is 2.83. The van der Waals surface area contributed by atoms with E-state index in [0.29, 0.717) is 0 Å². The molecule has 0 aromatic carbocycles. The average Bonchev–Trinajstić information content (AvgIpc) is 2.34. The first kappa shape index (κ1) is 7.69. The Morgan fingerprint density at radius 1 is 1.80 bits per heavy atom. The number of carbonyl (C=O) groups excluding carboxylic acids is 1. The Bertz CT molecular complexity index is 136. The molecule has 58 valence electrons. The number of aliphatic hydroxyl groups is 1. The molecule has 0 aromatic rings. The van der Waals surface area contributed by atoms with Crippen LogP contribution < -0.4 is 5.32 Å². The van der Waals surface area contributed by atoms with Crippen LogP contribution in [0.25, 0.3) is 0 Å². The first-order valence-corrected chi connectivity index (χ1v) is 3.58. The van der Waals surface area contributed by atoms with Gasteiger partial charge < -0.3 is 10.4 Å². The predicted octanol–water partition coefficient (Wildman–Crippen LogP) is -0.454. The molecule has 1 aliphatic heterocycles. The molecule has 1 aliphatic rings. The van der Waals surface area contributed by atoms with Crippen molar-refractivity contribution in [3.05, 3.63) is 0 Å². The van der Waals surface area contributed by atoms with Crippen LogP contribution in [-0.2, 0) is 4.79 Å². The van der Waals surface area contributed by atoms with Crippen LogP contribution in [0.5, 0.6) is 0 Å². The van der Waals surface area contributed by atoms with Crippen molar-refractivity contribution in [3.8, 4) is 0 Å². The maximum atomic E-state index is 10.8. The minimum absolute atomic E-state index is 0.136. The minimum atomic E-state index is 0.136. The highest BCUT2D eigenvalue weighted by Gasteiger charge is 2.25. The van der Waals surface area contributed by atoms with Crippen molar-refractivity contribution in [1.82, 2.24) is 5.32 Å². The van der Waals surface area contributed by atoms with Crippen molar-refractivity contribution in [3.63, 3.8) is 0 Å². The van der Waals surface area contributed by atoms with Gasteiger partial charge in [0.15, 0.2) is 0 Å². The fourth-order valence-corrected chi connectivity index (χ4v) is 1.27. The maximum absolute atomic E-state index is 10.8. The molecule has 1 heterocycles. The Labute approximate surface area is 60.4 Å². The number of ketones is 1. The molecule has 0 saturated carbocycles. The molecule has 0 radical (unpaired) electrons. The van der Waals surface area contributed by atoms with E-state index in [1.165, 1.54) is 0 Å². The highest BCUT2D eigenvalue weighted by molar-refractivity contribution is 5.78. The van der Waals surface area contributed by atoms with Gasteiger partial charge in [0, 0.05) is 18.5 Å². The van der Waals surface area contributed by atoms with Gasteiger partial charge in [-0.3, -0.25) is 4.79 Å². The third kappa shape index (κ3) is 1.55. The normalized spacial score (nSPS) is 32.6. The van der Waals surface area contributed by atoms with Crippen molar-refractivity contribution in [2.24, 2.45) is 5.92 Å². The lowest BCUT2D eigenvalue weighted by molar-refractivity contribution is -0.120. The van der Waals surface area contributed by atoms with Gasteiger partial charge >= 0.3 is 0 Å². The van der Waals surface area contributed by atoms with Crippen LogP contribution in [-0.4, -0.2) is 30.1 Å². The lowest BCUT2D eigenvalue weighted by Gasteiger charge is -2.03.